The number of rotatable bonds is 1. The fourth-order valence-electron chi connectivity index (χ4n) is 7.12. The lowest BCUT2D eigenvalue weighted by Gasteiger charge is -2.94. The molecular formula is C17H12N4O2. The van der Waals surface area contributed by atoms with Crippen LogP contribution in [0.25, 0.3) is 5.69 Å². The van der Waals surface area contributed by atoms with E-state index in [2.05, 4.69) is 6.07 Å². The summed E-state index contributed by atoms with van der Waals surface area (Å²) < 4.78 is 4.59. The highest BCUT2D eigenvalue weighted by atomic mass is 16.2. The number of nitriles is 1. The van der Waals surface area contributed by atoms with Crippen LogP contribution in [0.4, 0.5) is 0 Å². The molecule has 0 amide bonds. The summed E-state index contributed by atoms with van der Waals surface area (Å²) in [5.41, 5.74) is -0.267. The van der Waals surface area contributed by atoms with E-state index < -0.39 is 0 Å². The SMILES string of the molecule is N#C[C@@]12[C@H]3[C@H]4[C@H]5[C@@H]3[C@@H]1[C@@H]5n1c(=O)n(-c3ccccc3)c(=O)n1[C@H]42. The van der Waals surface area contributed by atoms with Gasteiger partial charge in [-0.15, -0.1) is 0 Å². The third-order valence-electron chi connectivity index (χ3n) is 7.61. The molecule has 2 bridgehead atoms. The Labute approximate surface area is 130 Å². The molecular weight excluding hydrogens is 292 g/mol. The van der Waals surface area contributed by atoms with E-state index in [0.29, 0.717) is 35.3 Å². The standard InChI is InChI=1S/C17H12N4O2/c18-6-17-11-9-8-10(11)14(17)21-16(23)19(7-4-2-1-3-5-7)15(22)20(21)13(8)12(9)17/h1-5,8-14H/t8-,9+,10-,11-,12-,13-,14-,17-/m1/s1. The summed E-state index contributed by atoms with van der Waals surface area (Å²) in [5.74, 6) is 2.45. The highest BCUT2D eigenvalue weighted by Gasteiger charge is 2.97. The molecule has 6 heteroatoms. The first-order chi connectivity index (χ1) is 11.2. The van der Waals surface area contributed by atoms with Crippen LogP contribution in [0.2, 0.25) is 0 Å². The molecule has 4 fully saturated rings. The van der Waals surface area contributed by atoms with Crippen LogP contribution in [0.3, 0.4) is 0 Å². The number of para-hydroxylation sites is 1. The van der Waals surface area contributed by atoms with Gasteiger partial charge in [-0.3, -0.25) is 0 Å². The van der Waals surface area contributed by atoms with Crippen molar-refractivity contribution in [1.29, 1.82) is 5.26 Å². The van der Waals surface area contributed by atoms with Crippen molar-refractivity contribution >= 4 is 0 Å². The number of benzene rings is 1. The molecule has 23 heavy (non-hydrogen) atoms. The molecule has 2 aromatic rings. The molecule has 0 saturated heterocycles. The molecule has 4 saturated carbocycles. The van der Waals surface area contributed by atoms with Crippen LogP contribution in [-0.4, -0.2) is 13.9 Å². The summed E-state index contributed by atoms with van der Waals surface area (Å²) in [5, 5.41) is 9.77. The van der Waals surface area contributed by atoms with Gasteiger partial charge in [0.15, 0.2) is 0 Å². The van der Waals surface area contributed by atoms with Crippen molar-refractivity contribution in [3.8, 4) is 11.8 Å². The second-order valence-electron chi connectivity index (χ2n) is 7.69. The van der Waals surface area contributed by atoms with E-state index >= 15 is 0 Å². The van der Waals surface area contributed by atoms with E-state index in [1.807, 2.05) is 18.2 Å². The Morgan fingerprint density at radius 3 is 2.43 bits per heavy atom. The lowest BCUT2D eigenvalue weighted by molar-refractivity contribution is -0.482. The minimum Gasteiger partial charge on any atom is -0.245 e. The van der Waals surface area contributed by atoms with Gasteiger partial charge in [-0.1, -0.05) is 18.2 Å². The molecule has 6 nitrogen and oxygen atoms in total. The molecule has 3 heterocycles. The zero-order valence-electron chi connectivity index (χ0n) is 12.0. The van der Waals surface area contributed by atoms with Gasteiger partial charge in [0, 0.05) is 5.92 Å². The summed E-state index contributed by atoms with van der Waals surface area (Å²) in [6.45, 7) is 0. The van der Waals surface area contributed by atoms with E-state index in [-0.39, 0.29) is 28.9 Å². The van der Waals surface area contributed by atoms with Crippen molar-refractivity contribution in [2.75, 3.05) is 0 Å². The molecule has 1 aromatic carbocycles. The third-order valence-corrected chi connectivity index (χ3v) is 7.61. The first-order valence-electron chi connectivity index (χ1n) is 8.16. The molecule has 0 N–H and O–H groups in total. The average molecular weight is 304 g/mol. The quantitative estimate of drug-likeness (QED) is 0.772. The Bertz CT molecular complexity index is 1090. The molecule has 2 aliphatic heterocycles. The molecule has 112 valence electrons. The highest BCUT2D eigenvalue weighted by Crippen LogP contribution is 2.96. The summed E-state index contributed by atoms with van der Waals surface area (Å²) in [4.78, 5) is 25.9. The van der Waals surface area contributed by atoms with Gasteiger partial charge in [-0.25, -0.2) is 23.5 Å². The number of nitrogens with zero attached hydrogens (tertiary/aromatic N) is 4. The van der Waals surface area contributed by atoms with Gasteiger partial charge in [0.05, 0.1) is 29.3 Å². The highest BCUT2D eigenvalue weighted by molar-refractivity contribution is 5.48. The lowest BCUT2D eigenvalue weighted by Crippen LogP contribution is -2.95. The van der Waals surface area contributed by atoms with Crippen LogP contribution in [0.1, 0.15) is 12.1 Å². The van der Waals surface area contributed by atoms with Gasteiger partial charge in [0.2, 0.25) is 0 Å². The van der Waals surface area contributed by atoms with Crippen LogP contribution in [0.5, 0.6) is 0 Å². The van der Waals surface area contributed by atoms with Crippen LogP contribution in [0.15, 0.2) is 39.9 Å². The summed E-state index contributed by atoms with van der Waals surface area (Å²) >= 11 is 0. The molecule has 1 aromatic heterocycles. The Hall–Kier alpha value is -2.55. The topological polar surface area (TPSA) is 72.7 Å². The van der Waals surface area contributed by atoms with Gasteiger partial charge < -0.3 is 0 Å². The largest absolute Gasteiger partial charge is 0.352 e. The first kappa shape index (κ1) is 11.1. The maximum atomic E-state index is 13.0. The minimum absolute atomic E-state index is 0.0739. The van der Waals surface area contributed by atoms with Crippen molar-refractivity contribution in [3.05, 3.63) is 51.3 Å². The Balaban J connectivity index is 1.57. The van der Waals surface area contributed by atoms with Crippen LogP contribution >= 0.6 is 0 Å². The van der Waals surface area contributed by atoms with E-state index in [1.54, 1.807) is 21.5 Å². The van der Waals surface area contributed by atoms with Gasteiger partial charge in [0.25, 0.3) is 0 Å². The normalized spacial score (nSPS) is 48.0. The smallest absolute Gasteiger partial charge is 0.245 e. The van der Waals surface area contributed by atoms with E-state index in [0.717, 1.165) is 0 Å². The predicted octanol–water partition coefficient (Wildman–Crippen LogP) is 0.542. The average Bonchev–Trinajstić information content (AvgIpc) is 2.78. The number of hydrogen-bond donors (Lipinski definition) is 0. The predicted molar refractivity (Wildman–Crippen MR) is 77.9 cm³/mol. The van der Waals surface area contributed by atoms with E-state index in [4.69, 9.17) is 0 Å². The van der Waals surface area contributed by atoms with E-state index in [9.17, 15) is 14.9 Å². The zero-order valence-corrected chi connectivity index (χ0v) is 12.0. The van der Waals surface area contributed by atoms with Gasteiger partial charge in [-0.2, -0.15) is 5.26 Å². The third kappa shape index (κ3) is 0.724. The molecule has 6 aliphatic rings. The molecule has 8 atom stereocenters. The summed E-state index contributed by atoms with van der Waals surface area (Å²) in [6, 6.07) is 11.6. The molecule has 4 aliphatic carbocycles. The first-order valence-corrected chi connectivity index (χ1v) is 8.16. The van der Waals surface area contributed by atoms with Gasteiger partial charge >= 0.3 is 11.4 Å². The van der Waals surface area contributed by atoms with Gasteiger partial charge in [0.1, 0.15) is 0 Å². The van der Waals surface area contributed by atoms with Crippen molar-refractivity contribution in [2.24, 2.45) is 35.0 Å². The summed E-state index contributed by atoms with van der Waals surface area (Å²) in [6.07, 6.45) is 0. The van der Waals surface area contributed by atoms with Gasteiger partial charge in [-0.05, 0) is 35.8 Å². The molecule has 0 radical (unpaired) electrons. The van der Waals surface area contributed by atoms with Crippen molar-refractivity contribution in [2.45, 2.75) is 12.1 Å². The van der Waals surface area contributed by atoms with Crippen molar-refractivity contribution < 1.29 is 0 Å². The Morgan fingerprint density at radius 1 is 0.957 bits per heavy atom. The van der Waals surface area contributed by atoms with E-state index in [1.165, 1.54) is 4.57 Å². The second kappa shape index (κ2) is 2.82. The number of aromatic nitrogens is 3. The number of hydrogen-bond acceptors (Lipinski definition) is 3. The minimum atomic E-state index is -0.353. The maximum Gasteiger partial charge on any atom is 0.352 e. The fourth-order valence-corrected chi connectivity index (χ4v) is 7.12. The zero-order chi connectivity index (χ0) is 15.2. The molecule has 8 rings (SSSR count). The Kier molecular flexibility index (Phi) is 1.36. The monoisotopic (exact) mass is 304 g/mol. The van der Waals surface area contributed by atoms with Crippen LogP contribution in [-0.2, 0) is 0 Å². The second-order valence-corrected chi connectivity index (χ2v) is 7.69. The van der Waals surface area contributed by atoms with Crippen LogP contribution < -0.4 is 11.4 Å². The van der Waals surface area contributed by atoms with Crippen molar-refractivity contribution in [1.82, 2.24) is 13.9 Å². The fraction of sp³-hybridized carbons (Fsp3) is 0.471. The molecule has 0 unspecified atom stereocenters. The molecule has 0 spiro atoms. The Morgan fingerprint density at radius 2 is 1.70 bits per heavy atom. The maximum absolute atomic E-state index is 13.0. The summed E-state index contributed by atoms with van der Waals surface area (Å²) in [7, 11) is 0. The van der Waals surface area contributed by atoms with Crippen molar-refractivity contribution in [3.63, 3.8) is 0 Å². The lowest BCUT2D eigenvalue weighted by atomic mass is 9.11. The van der Waals surface area contributed by atoms with Crippen LogP contribution in [0, 0.1) is 46.3 Å².